The SMILES string of the molecule is COC(=O)c1ccc(/C=N/NC(=O)c2cc(C)nc3ccccc23)cc1. The zero-order valence-electron chi connectivity index (χ0n) is 14.4. The number of hydrogen-bond acceptors (Lipinski definition) is 5. The van der Waals surface area contributed by atoms with Crippen molar-refractivity contribution >= 4 is 29.0 Å². The summed E-state index contributed by atoms with van der Waals surface area (Å²) in [7, 11) is 1.33. The summed E-state index contributed by atoms with van der Waals surface area (Å²) < 4.78 is 4.65. The number of carbonyl (C=O) groups is 2. The highest BCUT2D eigenvalue weighted by atomic mass is 16.5. The number of aryl methyl sites for hydroxylation is 1. The van der Waals surface area contributed by atoms with Gasteiger partial charge in [0.25, 0.3) is 5.91 Å². The van der Waals surface area contributed by atoms with Crippen molar-refractivity contribution in [3.05, 3.63) is 77.0 Å². The smallest absolute Gasteiger partial charge is 0.337 e. The molecule has 0 unspecified atom stereocenters. The molecule has 1 amide bonds. The van der Waals surface area contributed by atoms with Crippen LogP contribution in [0.25, 0.3) is 10.9 Å². The third-order valence-electron chi connectivity index (χ3n) is 3.80. The van der Waals surface area contributed by atoms with Gasteiger partial charge in [-0.3, -0.25) is 9.78 Å². The fourth-order valence-electron chi connectivity index (χ4n) is 2.54. The molecule has 6 nitrogen and oxygen atoms in total. The number of benzene rings is 2. The summed E-state index contributed by atoms with van der Waals surface area (Å²) in [5.41, 5.74) is 5.77. The highest BCUT2D eigenvalue weighted by Crippen LogP contribution is 2.18. The van der Waals surface area contributed by atoms with Crippen LogP contribution >= 0.6 is 0 Å². The number of amides is 1. The number of nitrogens with zero attached hydrogens (tertiary/aromatic N) is 2. The van der Waals surface area contributed by atoms with Crippen LogP contribution in [0.1, 0.15) is 32.0 Å². The summed E-state index contributed by atoms with van der Waals surface area (Å²) in [5, 5.41) is 4.76. The first-order valence-electron chi connectivity index (χ1n) is 7.96. The minimum absolute atomic E-state index is 0.311. The first kappa shape index (κ1) is 17.3. The molecule has 0 aliphatic heterocycles. The predicted octanol–water partition coefficient (Wildman–Crippen LogP) is 3.09. The fraction of sp³-hybridized carbons (Fsp3) is 0.100. The summed E-state index contributed by atoms with van der Waals surface area (Å²) in [6.07, 6.45) is 1.51. The lowest BCUT2D eigenvalue weighted by Gasteiger charge is -2.06. The number of pyridine rings is 1. The van der Waals surface area contributed by atoms with Crippen molar-refractivity contribution in [3.8, 4) is 0 Å². The molecule has 0 saturated heterocycles. The Morgan fingerprint density at radius 3 is 2.58 bits per heavy atom. The maximum atomic E-state index is 12.5. The molecule has 3 rings (SSSR count). The van der Waals surface area contributed by atoms with Crippen molar-refractivity contribution in [3.63, 3.8) is 0 Å². The van der Waals surface area contributed by atoms with Gasteiger partial charge in [-0.05, 0) is 36.8 Å². The number of carbonyl (C=O) groups excluding carboxylic acids is 2. The van der Waals surface area contributed by atoms with Crippen LogP contribution in [-0.2, 0) is 4.74 Å². The summed E-state index contributed by atoms with van der Waals surface area (Å²) in [4.78, 5) is 28.3. The van der Waals surface area contributed by atoms with Crippen LogP contribution < -0.4 is 5.43 Å². The molecule has 0 saturated carbocycles. The number of para-hydroxylation sites is 1. The van der Waals surface area contributed by atoms with Crippen LogP contribution in [0, 0.1) is 6.92 Å². The molecule has 0 radical (unpaired) electrons. The molecule has 0 bridgehead atoms. The number of esters is 1. The quantitative estimate of drug-likeness (QED) is 0.447. The van der Waals surface area contributed by atoms with Crippen LogP contribution in [0.2, 0.25) is 0 Å². The van der Waals surface area contributed by atoms with Gasteiger partial charge in [-0.1, -0.05) is 30.3 Å². The van der Waals surface area contributed by atoms with E-state index in [9.17, 15) is 9.59 Å². The minimum atomic E-state index is -0.401. The molecule has 0 fully saturated rings. The average Bonchev–Trinajstić information content (AvgIpc) is 2.67. The van der Waals surface area contributed by atoms with E-state index in [4.69, 9.17) is 0 Å². The lowest BCUT2D eigenvalue weighted by molar-refractivity contribution is 0.0600. The Morgan fingerprint density at radius 2 is 1.85 bits per heavy atom. The van der Waals surface area contributed by atoms with Crippen molar-refractivity contribution in [2.24, 2.45) is 5.10 Å². The lowest BCUT2D eigenvalue weighted by Crippen LogP contribution is -2.18. The predicted molar refractivity (Wildman–Crippen MR) is 99.3 cm³/mol. The van der Waals surface area contributed by atoms with E-state index in [-0.39, 0.29) is 5.91 Å². The van der Waals surface area contributed by atoms with E-state index in [0.29, 0.717) is 11.1 Å². The van der Waals surface area contributed by atoms with Gasteiger partial charge in [-0.2, -0.15) is 5.10 Å². The normalized spacial score (nSPS) is 10.8. The molecule has 1 aromatic heterocycles. The minimum Gasteiger partial charge on any atom is -0.465 e. The Labute approximate surface area is 150 Å². The van der Waals surface area contributed by atoms with Gasteiger partial charge in [-0.25, -0.2) is 10.2 Å². The number of hydrazone groups is 1. The first-order chi connectivity index (χ1) is 12.6. The molecule has 0 spiro atoms. The van der Waals surface area contributed by atoms with Gasteiger partial charge >= 0.3 is 5.97 Å². The molecule has 1 heterocycles. The van der Waals surface area contributed by atoms with E-state index >= 15 is 0 Å². The van der Waals surface area contributed by atoms with E-state index < -0.39 is 5.97 Å². The Bertz CT molecular complexity index is 995. The number of ether oxygens (including phenoxy) is 1. The molecule has 6 heteroatoms. The number of rotatable bonds is 4. The number of nitrogens with one attached hydrogen (secondary N) is 1. The second-order valence-corrected chi connectivity index (χ2v) is 5.64. The van der Waals surface area contributed by atoms with Gasteiger partial charge in [0.2, 0.25) is 0 Å². The molecule has 0 aliphatic carbocycles. The Hall–Kier alpha value is -3.54. The highest BCUT2D eigenvalue weighted by molar-refractivity contribution is 6.06. The maximum absolute atomic E-state index is 12.5. The lowest BCUT2D eigenvalue weighted by atomic mass is 10.1. The van der Waals surface area contributed by atoms with Gasteiger partial charge in [0.05, 0.1) is 30.0 Å². The maximum Gasteiger partial charge on any atom is 0.337 e. The molecule has 2 aromatic carbocycles. The number of aromatic nitrogens is 1. The number of hydrogen-bond donors (Lipinski definition) is 1. The van der Waals surface area contributed by atoms with Crippen LogP contribution in [0.15, 0.2) is 59.7 Å². The first-order valence-corrected chi connectivity index (χ1v) is 7.96. The van der Waals surface area contributed by atoms with Gasteiger partial charge < -0.3 is 4.74 Å². The summed E-state index contributed by atoms with van der Waals surface area (Å²) in [5.74, 6) is -0.712. The Balaban J connectivity index is 1.75. The van der Waals surface area contributed by atoms with Gasteiger partial charge in [0.15, 0.2) is 0 Å². The fourth-order valence-corrected chi connectivity index (χ4v) is 2.54. The molecule has 1 N–H and O–H groups in total. The standard InChI is InChI=1S/C20H17N3O3/c1-13-11-17(16-5-3-4-6-18(16)22-13)19(24)23-21-12-14-7-9-15(10-8-14)20(25)26-2/h3-12H,1-2H3,(H,23,24)/b21-12+. The van der Waals surface area contributed by atoms with E-state index in [1.165, 1.54) is 13.3 Å². The molecular weight excluding hydrogens is 330 g/mol. The number of fused-ring (bicyclic) bond motifs is 1. The monoisotopic (exact) mass is 347 g/mol. The highest BCUT2D eigenvalue weighted by Gasteiger charge is 2.11. The second-order valence-electron chi connectivity index (χ2n) is 5.64. The Morgan fingerprint density at radius 1 is 1.12 bits per heavy atom. The molecule has 26 heavy (non-hydrogen) atoms. The molecular formula is C20H17N3O3. The van der Waals surface area contributed by atoms with E-state index in [0.717, 1.165) is 22.2 Å². The molecule has 0 atom stereocenters. The average molecular weight is 347 g/mol. The summed E-state index contributed by atoms with van der Waals surface area (Å²) in [6, 6.07) is 15.9. The molecule has 3 aromatic rings. The van der Waals surface area contributed by atoms with E-state index in [1.54, 1.807) is 30.3 Å². The third-order valence-corrected chi connectivity index (χ3v) is 3.80. The van der Waals surface area contributed by atoms with Crippen molar-refractivity contribution in [2.75, 3.05) is 7.11 Å². The summed E-state index contributed by atoms with van der Waals surface area (Å²) >= 11 is 0. The van der Waals surface area contributed by atoms with Crippen LogP contribution in [0.3, 0.4) is 0 Å². The molecule has 0 aliphatic rings. The van der Waals surface area contributed by atoms with Gasteiger partial charge in [-0.15, -0.1) is 0 Å². The van der Waals surface area contributed by atoms with Crippen LogP contribution in [0.5, 0.6) is 0 Å². The Kier molecular flexibility index (Phi) is 5.03. The van der Waals surface area contributed by atoms with Crippen LogP contribution in [0.4, 0.5) is 0 Å². The molecule has 130 valence electrons. The van der Waals surface area contributed by atoms with Gasteiger partial charge in [0.1, 0.15) is 0 Å². The largest absolute Gasteiger partial charge is 0.465 e. The third kappa shape index (κ3) is 3.75. The zero-order valence-corrected chi connectivity index (χ0v) is 14.4. The van der Waals surface area contributed by atoms with Crippen molar-refractivity contribution in [1.29, 1.82) is 0 Å². The van der Waals surface area contributed by atoms with Gasteiger partial charge in [0, 0.05) is 11.1 Å². The van der Waals surface area contributed by atoms with Crippen LogP contribution in [-0.4, -0.2) is 30.2 Å². The van der Waals surface area contributed by atoms with E-state index in [2.05, 4.69) is 20.2 Å². The topological polar surface area (TPSA) is 80.6 Å². The van der Waals surface area contributed by atoms with Crippen molar-refractivity contribution in [1.82, 2.24) is 10.4 Å². The zero-order chi connectivity index (χ0) is 18.5. The van der Waals surface area contributed by atoms with E-state index in [1.807, 2.05) is 31.2 Å². The summed E-state index contributed by atoms with van der Waals surface area (Å²) in [6.45, 7) is 1.84. The van der Waals surface area contributed by atoms with Crippen molar-refractivity contribution in [2.45, 2.75) is 6.92 Å². The van der Waals surface area contributed by atoms with Crippen molar-refractivity contribution < 1.29 is 14.3 Å². The number of methoxy groups -OCH3 is 1. The second kappa shape index (κ2) is 7.57.